The Hall–Kier alpha value is -2.52. The van der Waals surface area contributed by atoms with Gasteiger partial charge in [-0.15, -0.1) is 0 Å². The van der Waals surface area contributed by atoms with E-state index >= 15 is 0 Å². The van der Waals surface area contributed by atoms with Gasteiger partial charge in [0.25, 0.3) is 0 Å². The topological polar surface area (TPSA) is 31.0 Å². The van der Waals surface area contributed by atoms with Gasteiger partial charge in [0, 0.05) is 10.6 Å². The number of nitrogens with zero attached hydrogens (tertiary/aromatic N) is 2. The Bertz CT molecular complexity index is 953. The summed E-state index contributed by atoms with van der Waals surface area (Å²) in [4.78, 5) is 4.80. The van der Waals surface area contributed by atoms with Gasteiger partial charge in [0.1, 0.15) is 11.6 Å². The van der Waals surface area contributed by atoms with Crippen molar-refractivity contribution in [2.75, 3.05) is 0 Å². The van der Waals surface area contributed by atoms with Crippen molar-refractivity contribution in [3.63, 3.8) is 0 Å². The number of furan rings is 1. The lowest BCUT2D eigenvalue weighted by Gasteiger charge is -2.08. The first-order valence-corrected chi connectivity index (χ1v) is 7.84. The van der Waals surface area contributed by atoms with Gasteiger partial charge in [0.15, 0.2) is 0 Å². The Balaban J connectivity index is 1.93. The zero-order valence-electron chi connectivity index (χ0n) is 12.7. The summed E-state index contributed by atoms with van der Waals surface area (Å²) < 4.78 is 7.66. The fourth-order valence-corrected chi connectivity index (χ4v) is 2.90. The van der Waals surface area contributed by atoms with Crippen molar-refractivity contribution < 1.29 is 4.42 Å². The summed E-state index contributed by atoms with van der Waals surface area (Å²) in [5, 5.41) is 0.702. The molecule has 3 nitrogen and oxygen atoms in total. The molecule has 2 heterocycles. The molecule has 0 fully saturated rings. The molecule has 0 spiro atoms. The molecular formula is C19H15ClN2O. The highest BCUT2D eigenvalue weighted by molar-refractivity contribution is 6.31. The number of aryl methyl sites for hydroxylation is 1. The molecule has 0 N–H and O–H groups in total. The van der Waals surface area contributed by atoms with E-state index < -0.39 is 0 Å². The first-order valence-electron chi connectivity index (χ1n) is 7.46. The van der Waals surface area contributed by atoms with Crippen molar-refractivity contribution in [1.82, 2.24) is 9.55 Å². The minimum absolute atomic E-state index is 0.618. The lowest BCUT2D eigenvalue weighted by Crippen LogP contribution is -2.01. The molecule has 0 aliphatic carbocycles. The first-order chi connectivity index (χ1) is 11.2. The molecule has 2 aromatic carbocycles. The van der Waals surface area contributed by atoms with Crippen molar-refractivity contribution in [1.29, 1.82) is 0 Å². The Labute approximate surface area is 139 Å². The summed E-state index contributed by atoms with van der Waals surface area (Å²) >= 11 is 6.18. The Morgan fingerprint density at radius 1 is 1.09 bits per heavy atom. The summed E-state index contributed by atoms with van der Waals surface area (Å²) in [7, 11) is 0. The molecule has 4 heteroatoms. The third-order valence-electron chi connectivity index (χ3n) is 3.91. The van der Waals surface area contributed by atoms with Gasteiger partial charge in [-0.3, -0.25) is 0 Å². The van der Waals surface area contributed by atoms with Gasteiger partial charge in [-0.05, 0) is 37.3 Å². The molecule has 0 aliphatic rings. The molecule has 0 bridgehead atoms. The number of hydrogen-bond donors (Lipinski definition) is 0. The summed E-state index contributed by atoms with van der Waals surface area (Å²) in [6.07, 6.45) is 1.69. The minimum Gasteiger partial charge on any atom is -0.467 e. The van der Waals surface area contributed by atoms with Crippen molar-refractivity contribution in [2.24, 2.45) is 0 Å². The highest BCUT2D eigenvalue weighted by Crippen LogP contribution is 2.28. The number of rotatable bonds is 3. The maximum atomic E-state index is 6.18. The van der Waals surface area contributed by atoms with Gasteiger partial charge in [0.05, 0.1) is 23.8 Å². The number of hydrogen-bond acceptors (Lipinski definition) is 2. The molecule has 0 aliphatic heterocycles. The average Bonchev–Trinajstić information content (AvgIpc) is 3.17. The van der Waals surface area contributed by atoms with Crippen LogP contribution in [-0.2, 0) is 6.54 Å². The van der Waals surface area contributed by atoms with Crippen molar-refractivity contribution in [2.45, 2.75) is 13.5 Å². The SMILES string of the molecule is Cc1ccc(-c2nc3ccc(Cl)cc3n2Cc2ccco2)cc1. The Morgan fingerprint density at radius 2 is 1.91 bits per heavy atom. The smallest absolute Gasteiger partial charge is 0.141 e. The van der Waals surface area contributed by atoms with Crippen molar-refractivity contribution in [3.05, 3.63) is 77.2 Å². The fourth-order valence-electron chi connectivity index (χ4n) is 2.74. The van der Waals surface area contributed by atoms with E-state index in [4.69, 9.17) is 21.0 Å². The van der Waals surface area contributed by atoms with Crippen LogP contribution >= 0.6 is 11.6 Å². The number of benzene rings is 2. The second-order valence-corrected chi connectivity index (χ2v) is 6.04. The Kier molecular flexibility index (Phi) is 3.43. The maximum absolute atomic E-state index is 6.18. The summed E-state index contributed by atoms with van der Waals surface area (Å²) in [6, 6.07) is 18.0. The third kappa shape index (κ3) is 2.64. The van der Waals surface area contributed by atoms with Gasteiger partial charge < -0.3 is 8.98 Å². The second kappa shape index (κ2) is 5.60. The highest BCUT2D eigenvalue weighted by atomic mass is 35.5. The zero-order chi connectivity index (χ0) is 15.8. The van der Waals surface area contributed by atoms with Crippen LogP contribution in [0.15, 0.2) is 65.3 Å². The van der Waals surface area contributed by atoms with E-state index in [0.29, 0.717) is 11.6 Å². The van der Waals surface area contributed by atoms with Crippen LogP contribution in [0.3, 0.4) is 0 Å². The van der Waals surface area contributed by atoms with Gasteiger partial charge in [-0.1, -0.05) is 41.4 Å². The molecule has 0 saturated heterocycles. The molecular weight excluding hydrogens is 308 g/mol. The quantitative estimate of drug-likeness (QED) is 0.512. The van der Waals surface area contributed by atoms with Crippen LogP contribution in [0.1, 0.15) is 11.3 Å². The van der Waals surface area contributed by atoms with Crippen LogP contribution in [0.2, 0.25) is 5.02 Å². The normalized spacial score (nSPS) is 11.2. The highest BCUT2D eigenvalue weighted by Gasteiger charge is 2.14. The average molecular weight is 323 g/mol. The Morgan fingerprint density at radius 3 is 2.65 bits per heavy atom. The molecule has 114 valence electrons. The molecule has 0 saturated carbocycles. The number of fused-ring (bicyclic) bond motifs is 1. The molecule has 4 rings (SSSR count). The van der Waals surface area contributed by atoms with E-state index in [1.54, 1.807) is 6.26 Å². The van der Waals surface area contributed by atoms with Gasteiger partial charge >= 0.3 is 0 Å². The van der Waals surface area contributed by atoms with E-state index in [-0.39, 0.29) is 0 Å². The molecule has 0 radical (unpaired) electrons. The van der Waals surface area contributed by atoms with E-state index in [2.05, 4.69) is 35.8 Å². The van der Waals surface area contributed by atoms with Gasteiger partial charge in [-0.2, -0.15) is 0 Å². The molecule has 4 aromatic rings. The van der Waals surface area contributed by atoms with Crippen molar-refractivity contribution >= 4 is 22.6 Å². The van der Waals surface area contributed by atoms with E-state index in [9.17, 15) is 0 Å². The van der Waals surface area contributed by atoms with Gasteiger partial charge in [0.2, 0.25) is 0 Å². The van der Waals surface area contributed by atoms with E-state index in [1.807, 2.05) is 30.3 Å². The predicted octanol–water partition coefficient (Wildman–Crippen LogP) is 5.31. The monoisotopic (exact) mass is 322 g/mol. The summed E-state index contributed by atoms with van der Waals surface area (Å²) in [5.41, 5.74) is 4.24. The molecule has 0 unspecified atom stereocenters. The largest absolute Gasteiger partial charge is 0.467 e. The number of imidazole rings is 1. The second-order valence-electron chi connectivity index (χ2n) is 5.60. The minimum atomic E-state index is 0.618. The fraction of sp³-hybridized carbons (Fsp3) is 0.105. The van der Waals surface area contributed by atoms with Crippen LogP contribution in [0, 0.1) is 6.92 Å². The van der Waals surface area contributed by atoms with E-state index in [1.165, 1.54) is 5.56 Å². The standard InChI is InChI=1S/C19H15ClN2O/c1-13-4-6-14(7-5-13)19-21-17-9-8-15(20)11-18(17)22(19)12-16-3-2-10-23-16/h2-11H,12H2,1H3. The van der Waals surface area contributed by atoms with Crippen LogP contribution in [0.4, 0.5) is 0 Å². The summed E-state index contributed by atoms with van der Waals surface area (Å²) in [5.74, 6) is 1.80. The van der Waals surface area contributed by atoms with Crippen molar-refractivity contribution in [3.8, 4) is 11.4 Å². The number of halogens is 1. The number of aromatic nitrogens is 2. The van der Waals surface area contributed by atoms with Crippen LogP contribution in [-0.4, -0.2) is 9.55 Å². The molecule has 0 atom stereocenters. The van der Waals surface area contributed by atoms with Crippen LogP contribution in [0.5, 0.6) is 0 Å². The third-order valence-corrected chi connectivity index (χ3v) is 4.15. The molecule has 2 aromatic heterocycles. The maximum Gasteiger partial charge on any atom is 0.141 e. The van der Waals surface area contributed by atoms with Crippen LogP contribution < -0.4 is 0 Å². The first kappa shape index (κ1) is 14.1. The predicted molar refractivity (Wildman–Crippen MR) is 92.7 cm³/mol. The lowest BCUT2D eigenvalue weighted by molar-refractivity contribution is 0.497. The molecule has 23 heavy (non-hydrogen) atoms. The molecule has 0 amide bonds. The van der Waals surface area contributed by atoms with Gasteiger partial charge in [-0.25, -0.2) is 4.98 Å². The zero-order valence-corrected chi connectivity index (χ0v) is 13.4. The van der Waals surface area contributed by atoms with E-state index in [0.717, 1.165) is 28.2 Å². The summed E-state index contributed by atoms with van der Waals surface area (Å²) in [6.45, 7) is 2.70. The lowest BCUT2D eigenvalue weighted by atomic mass is 10.1. The van der Waals surface area contributed by atoms with Crippen LogP contribution in [0.25, 0.3) is 22.4 Å².